The Bertz CT molecular complexity index is 610. The van der Waals surface area contributed by atoms with E-state index in [0.29, 0.717) is 5.69 Å². The van der Waals surface area contributed by atoms with Crippen LogP contribution < -0.4 is 9.04 Å². The summed E-state index contributed by atoms with van der Waals surface area (Å²) in [6, 6.07) is 6.44. The van der Waals surface area contributed by atoms with E-state index in [4.69, 9.17) is 9.84 Å². The van der Waals surface area contributed by atoms with Crippen LogP contribution in [0.5, 0.6) is 5.75 Å². The molecule has 0 bridgehead atoms. The van der Waals surface area contributed by atoms with Crippen LogP contribution in [0, 0.1) is 0 Å². The summed E-state index contributed by atoms with van der Waals surface area (Å²) < 4.78 is 30.6. The van der Waals surface area contributed by atoms with E-state index in [1.54, 1.807) is 24.3 Å². The molecule has 1 heterocycles. The summed E-state index contributed by atoms with van der Waals surface area (Å²) in [5.41, 5.74) is 0.349. The molecule has 0 fully saturated rings. The summed E-state index contributed by atoms with van der Waals surface area (Å²) in [4.78, 5) is 11.0. The normalized spacial score (nSPS) is 18.3. The smallest absolute Gasteiger partial charge is 0.346 e. The molecule has 19 heavy (non-hydrogen) atoms. The molecule has 1 aliphatic heterocycles. The van der Waals surface area contributed by atoms with E-state index in [-0.39, 0.29) is 18.0 Å². The van der Waals surface area contributed by atoms with Gasteiger partial charge in [-0.3, -0.25) is 4.31 Å². The Balaban J connectivity index is 2.48. The van der Waals surface area contributed by atoms with Gasteiger partial charge in [-0.15, -0.1) is 6.58 Å². The largest absolute Gasteiger partial charge is 0.478 e. The Morgan fingerprint density at radius 2 is 2.21 bits per heavy atom. The number of nitrogens with zero attached hydrogens (tertiary/aromatic N) is 1. The number of carboxylic acid groups (broad SMARTS) is 1. The summed E-state index contributed by atoms with van der Waals surface area (Å²) in [6.45, 7) is 3.15. The number of hydrogen-bond donors (Lipinski definition) is 1. The first-order chi connectivity index (χ1) is 8.95. The van der Waals surface area contributed by atoms with Crippen LogP contribution in [0.3, 0.4) is 0 Å². The second-order valence-corrected chi connectivity index (χ2v) is 5.95. The van der Waals surface area contributed by atoms with Gasteiger partial charge in [0, 0.05) is 0 Å². The van der Waals surface area contributed by atoms with Crippen molar-refractivity contribution in [2.24, 2.45) is 0 Å². The van der Waals surface area contributed by atoms with Gasteiger partial charge >= 0.3 is 5.97 Å². The van der Waals surface area contributed by atoms with Crippen LogP contribution in [0.15, 0.2) is 36.9 Å². The minimum Gasteiger partial charge on any atom is -0.478 e. The number of rotatable bonds is 4. The maximum atomic E-state index is 12.1. The van der Waals surface area contributed by atoms with Crippen molar-refractivity contribution in [1.82, 2.24) is 0 Å². The number of sulfonamides is 1. The Morgan fingerprint density at radius 1 is 1.53 bits per heavy atom. The standard InChI is InChI=1S/C12H13NO5S/c1-2-7-19(16,17)13-8-11(12(14)15)18-10-6-4-3-5-9(10)13/h2-6,11H,1,7-8H2,(H,14,15). The average molecular weight is 283 g/mol. The third-order valence-electron chi connectivity index (χ3n) is 2.67. The van der Waals surface area contributed by atoms with E-state index in [1.165, 1.54) is 6.08 Å². The van der Waals surface area contributed by atoms with Crippen LogP contribution in [-0.4, -0.2) is 37.9 Å². The number of carbonyl (C=O) groups is 1. The quantitative estimate of drug-likeness (QED) is 0.828. The highest BCUT2D eigenvalue weighted by Crippen LogP contribution is 2.34. The number of fused-ring (bicyclic) bond motifs is 1. The lowest BCUT2D eigenvalue weighted by molar-refractivity contribution is -0.144. The van der Waals surface area contributed by atoms with Crippen LogP contribution in [0.25, 0.3) is 0 Å². The molecule has 0 aliphatic carbocycles. The number of hydrogen-bond acceptors (Lipinski definition) is 4. The first kappa shape index (κ1) is 13.4. The third-order valence-corrected chi connectivity index (χ3v) is 4.35. The van der Waals surface area contributed by atoms with Crippen molar-refractivity contribution in [3.05, 3.63) is 36.9 Å². The van der Waals surface area contributed by atoms with Crippen molar-refractivity contribution in [1.29, 1.82) is 0 Å². The first-order valence-corrected chi connectivity index (χ1v) is 7.16. The van der Waals surface area contributed by atoms with E-state index in [9.17, 15) is 13.2 Å². The van der Waals surface area contributed by atoms with Gasteiger partial charge in [0.2, 0.25) is 16.1 Å². The molecular formula is C12H13NO5S. The van der Waals surface area contributed by atoms with Crippen molar-refractivity contribution in [3.63, 3.8) is 0 Å². The van der Waals surface area contributed by atoms with E-state index < -0.39 is 22.1 Å². The number of benzene rings is 1. The lowest BCUT2D eigenvalue weighted by atomic mass is 10.2. The van der Waals surface area contributed by atoms with Crippen molar-refractivity contribution in [3.8, 4) is 5.75 Å². The molecule has 7 heteroatoms. The van der Waals surface area contributed by atoms with Gasteiger partial charge < -0.3 is 9.84 Å². The molecule has 0 radical (unpaired) electrons. The number of carboxylic acids is 1. The van der Waals surface area contributed by atoms with Gasteiger partial charge in [0.1, 0.15) is 5.75 Å². The molecular weight excluding hydrogens is 270 g/mol. The van der Waals surface area contributed by atoms with Gasteiger partial charge in [-0.05, 0) is 12.1 Å². The van der Waals surface area contributed by atoms with E-state index >= 15 is 0 Å². The van der Waals surface area contributed by atoms with Crippen LogP contribution in [0.1, 0.15) is 0 Å². The van der Waals surface area contributed by atoms with E-state index in [0.717, 1.165) is 4.31 Å². The van der Waals surface area contributed by atoms with Gasteiger partial charge in [0.25, 0.3) is 0 Å². The second kappa shape index (κ2) is 4.93. The summed E-state index contributed by atoms with van der Waals surface area (Å²) in [5, 5.41) is 9.01. The molecule has 1 unspecified atom stereocenters. The summed E-state index contributed by atoms with van der Waals surface area (Å²) >= 11 is 0. The molecule has 0 saturated heterocycles. The molecule has 1 atom stereocenters. The summed E-state index contributed by atoms with van der Waals surface area (Å²) in [7, 11) is -3.64. The highest BCUT2D eigenvalue weighted by Gasteiger charge is 2.35. The molecule has 6 nitrogen and oxygen atoms in total. The van der Waals surface area contributed by atoms with Crippen LogP contribution >= 0.6 is 0 Å². The van der Waals surface area contributed by atoms with Crippen molar-refractivity contribution in [2.75, 3.05) is 16.6 Å². The van der Waals surface area contributed by atoms with Crippen molar-refractivity contribution >= 4 is 21.7 Å². The predicted molar refractivity (Wildman–Crippen MR) is 69.8 cm³/mol. The third kappa shape index (κ3) is 2.55. The highest BCUT2D eigenvalue weighted by molar-refractivity contribution is 7.92. The Hall–Kier alpha value is -2.02. The Labute approximate surface area is 111 Å². The number of ether oxygens (including phenoxy) is 1. The average Bonchev–Trinajstić information content (AvgIpc) is 2.37. The second-order valence-electron chi connectivity index (χ2n) is 4.01. The Kier molecular flexibility index (Phi) is 3.48. The molecule has 0 spiro atoms. The fourth-order valence-corrected chi connectivity index (χ4v) is 3.12. The zero-order chi connectivity index (χ0) is 14.0. The fraction of sp³-hybridized carbons (Fsp3) is 0.250. The fourth-order valence-electron chi connectivity index (χ4n) is 1.83. The maximum absolute atomic E-state index is 12.1. The number of anilines is 1. The van der Waals surface area contributed by atoms with Crippen LogP contribution in [-0.2, 0) is 14.8 Å². The molecule has 1 aliphatic rings. The molecule has 102 valence electrons. The van der Waals surface area contributed by atoms with E-state index in [2.05, 4.69) is 6.58 Å². The van der Waals surface area contributed by atoms with Crippen LogP contribution in [0.2, 0.25) is 0 Å². The maximum Gasteiger partial charge on any atom is 0.346 e. The monoisotopic (exact) mass is 283 g/mol. The Morgan fingerprint density at radius 3 is 2.84 bits per heavy atom. The molecule has 0 amide bonds. The minimum atomic E-state index is -3.64. The summed E-state index contributed by atoms with van der Waals surface area (Å²) in [6.07, 6.45) is 0.0536. The highest BCUT2D eigenvalue weighted by atomic mass is 32.2. The lowest BCUT2D eigenvalue weighted by Gasteiger charge is -2.33. The van der Waals surface area contributed by atoms with Gasteiger partial charge in [-0.2, -0.15) is 0 Å². The lowest BCUT2D eigenvalue weighted by Crippen LogP contribution is -2.47. The van der Waals surface area contributed by atoms with Crippen LogP contribution in [0.4, 0.5) is 5.69 Å². The molecule has 1 aromatic carbocycles. The van der Waals surface area contributed by atoms with Gasteiger partial charge in [-0.25, -0.2) is 13.2 Å². The van der Waals surface area contributed by atoms with Gasteiger partial charge in [0.15, 0.2) is 0 Å². The molecule has 0 saturated carbocycles. The van der Waals surface area contributed by atoms with Crippen molar-refractivity contribution in [2.45, 2.75) is 6.10 Å². The molecule has 0 aromatic heterocycles. The van der Waals surface area contributed by atoms with Crippen molar-refractivity contribution < 1.29 is 23.1 Å². The van der Waals surface area contributed by atoms with Gasteiger partial charge in [-0.1, -0.05) is 18.2 Å². The zero-order valence-electron chi connectivity index (χ0n) is 10.0. The number of aliphatic carboxylic acids is 1. The van der Waals surface area contributed by atoms with E-state index in [1.807, 2.05) is 0 Å². The molecule has 1 N–H and O–H groups in total. The zero-order valence-corrected chi connectivity index (χ0v) is 10.8. The topological polar surface area (TPSA) is 83.9 Å². The first-order valence-electron chi connectivity index (χ1n) is 5.55. The molecule has 2 rings (SSSR count). The minimum absolute atomic E-state index is 0.244. The summed E-state index contributed by atoms with van der Waals surface area (Å²) in [5.74, 6) is -1.21. The molecule has 1 aromatic rings. The SMILES string of the molecule is C=CCS(=O)(=O)N1CC(C(=O)O)Oc2ccccc21. The van der Waals surface area contributed by atoms with Gasteiger partial charge in [0.05, 0.1) is 18.0 Å². The number of para-hydroxylation sites is 2. The predicted octanol–water partition coefficient (Wildman–Crippen LogP) is 0.854.